The van der Waals surface area contributed by atoms with Crippen LogP contribution in [0.5, 0.6) is 0 Å². The summed E-state index contributed by atoms with van der Waals surface area (Å²) < 4.78 is 2.14. The van der Waals surface area contributed by atoms with E-state index in [9.17, 15) is 0 Å². The Balaban J connectivity index is 2.38. The number of aliphatic hydroxyl groups is 1. The normalized spacial score (nSPS) is 12.8. The fraction of sp³-hybridized carbons (Fsp3) is 0.143. The van der Waals surface area contributed by atoms with E-state index in [1.54, 1.807) is 0 Å². The highest BCUT2D eigenvalue weighted by Gasteiger charge is 2.20. The highest BCUT2D eigenvalue weighted by molar-refractivity contribution is 5.95. The van der Waals surface area contributed by atoms with Gasteiger partial charge < -0.3 is 5.11 Å². The predicted molar refractivity (Wildman–Crippen MR) is 65.8 cm³/mol. The van der Waals surface area contributed by atoms with Crippen molar-refractivity contribution in [2.75, 3.05) is 6.61 Å². The molecule has 78 valence electrons. The van der Waals surface area contributed by atoms with Crippen molar-refractivity contribution in [2.45, 2.75) is 6.54 Å². The summed E-state index contributed by atoms with van der Waals surface area (Å²) in [6.07, 6.45) is 9.07. The lowest BCUT2D eigenvalue weighted by molar-refractivity contribution is 0.278. The first-order valence-electron chi connectivity index (χ1n) is 5.40. The van der Waals surface area contributed by atoms with Gasteiger partial charge in [-0.15, -0.1) is 0 Å². The van der Waals surface area contributed by atoms with Crippen molar-refractivity contribution in [3.63, 3.8) is 0 Å². The zero-order valence-electron chi connectivity index (χ0n) is 8.85. The van der Waals surface area contributed by atoms with Crippen LogP contribution in [-0.4, -0.2) is 16.3 Å². The number of nitrogens with zero attached hydrogens (tertiary/aromatic N) is 1. The lowest BCUT2D eigenvalue weighted by atomic mass is 10.1. The van der Waals surface area contributed by atoms with Gasteiger partial charge in [0.25, 0.3) is 0 Å². The van der Waals surface area contributed by atoms with Crippen LogP contribution in [0.2, 0.25) is 0 Å². The summed E-state index contributed by atoms with van der Waals surface area (Å²) in [7, 11) is 0. The van der Waals surface area contributed by atoms with E-state index in [-0.39, 0.29) is 6.61 Å². The molecule has 0 amide bonds. The van der Waals surface area contributed by atoms with Crippen LogP contribution >= 0.6 is 0 Å². The van der Waals surface area contributed by atoms with Gasteiger partial charge in [0.1, 0.15) is 17.7 Å². The highest BCUT2D eigenvalue weighted by Crippen LogP contribution is 2.30. The van der Waals surface area contributed by atoms with Crippen molar-refractivity contribution >= 4 is 23.1 Å². The van der Waals surface area contributed by atoms with Gasteiger partial charge in [0.05, 0.1) is 24.7 Å². The summed E-state index contributed by atoms with van der Waals surface area (Å²) in [6.45, 7) is 0.782. The Hall–Kier alpha value is -1.89. The Bertz CT molecular complexity index is 590. The summed E-state index contributed by atoms with van der Waals surface area (Å²) in [6, 6.07) is 8.27. The van der Waals surface area contributed by atoms with Gasteiger partial charge in [-0.25, -0.2) is 0 Å². The third kappa shape index (κ3) is 1.21. The standard InChI is InChI=1S/C14H12NO/c16-10-9-15-13-7-3-1-5-11(13)12-6-2-4-8-14(12)15/h1-3,5-8,16H,9-10H2/q+1. The van der Waals surface area contributed by atoms with Crippen LogP contribution in [0.25, 0.3) is 23.1 Å². The molecule has 0 atom stereocenters. The van der Waals surface area contributed by atoms with Crippen LogP contribution in [-0.2, 0) is 6.54 Å². The quantitative estimate of drug-likeness (QED) is 0.757. The van der Waals surface area contributed by atoms with Crippen molar-refractivity contribution in [3.05, 3.63) is 47.7 Å². The molecule has 2 aromatic rings. The Labute approximate surface area is 94.1 Å². The zero-order valence-corrected chi connectivity index (χ0v) is 8.85. The second-order valence-corrected chi connectivity index (χ2v) is 3.84. The predicted octanol–water partition coefficient (Wildman–Crippen LogP) is 2.48. The van der Waals surface area contributed by atoms with Crippen LogP contribution in [0.4, 0.5) is 0 Å². The average Bonchev–Trinajstić information content (AvgIpc) is 2.66. The summed E-state index contributed by atoms with van der Waals surface area (Å²) in [5, 5.41) is 10.4. The molecule has 3 rings (SSSR count). The maximum atomic E-state index is 9.13. The van der Waals surface area contributed by atoms with E-state index >= 15 is 0 Å². The second-order valence-electron chi connectivity index (χ2n) is 3.84. The minimum absolute atomic E-state index is 0.155. The molecule has 0 unspecified atom stereocenters. The first-order chi connectivity index (χ1) is 7.92. The van der Waals surface area contributed by atoms with Crippen molar-refractivity contribution in [1.82, 2.24) is 4.57 Å². The minimum Gasteiger partial charge on any atom is -0.394 e. The molecule has 2 nitrogen and oxygen atoms in total. The lowest BCUT2D eigenvalue weighted by Crippen LogP contribution is -2.04. The number of para-hydroxylation sites is 1. The maximum absolute atomic E-state index is 9.13. The molecule has 1 aromatic carbocycles. The number of hydrogen-bond donors (Lipinski definition) is 1. The summed E-state index contributed by atoms with van der Waals surface area (Å²) in [5.41, 5.74) is 3.53. The largest absolute Gasteiger partial charge is 0.394 e. The third-order valence-electron chi connectivity index (χ3n) is 2.94. The van der Waals surface area contributed by atoms with Gasteiger partial charge in [0.15, 0.2) is 5.69 Å². The van der Waals surface area contributed by atoms with E-state index < -0.39 is 0 Å². The first-order valence-corrected chi connectivity index (χ1v) is 5.40. The molecule has 0 saturated heterocycles. The molecule has 0 bridgehead atoms. The Kier molecular flexibility index (Phi) is 2.10. The number of aromatic nitrogens is 1. The molecule has 0 radical (unpaired) electrons. The van der Waals surface area contributed by atoms with E-state index in [1.165, 1.54) is 16.5 Å². The summed E-state index contributed by atoms with van der Waals surface area (Å²) >= 11 is 0. The van der Waals surface area contributed by atoms with Gasteiger partial charge in [-0.05, 0) is 12.1 Å². The van der Waals surface area contributed by atoms with Crippen LogP contribution in [0.3, 0.4) is 0 Å². The van der Waals surface area contributed by atoms with Crippen LogP contribution in [0, 0.1) is 6.08 Å². The van der Waals surface area contributed by atoms with Crippen molar-refractivity contribution in [3.8, 4) is 0 Å². The molecule has 1 heterocycles. The summed E-state index contributed by atoms with van der Waals surface area (Å²) in [4.78, 5) is 0. The van der Waals surface area contributed by atoms with Crippen molar-refractivity contribution < 1.29 is 5.11 Å². The lowest BCUT2D eigenvalue weighted by Gasteiger charge is -2.01. The van der Waals surface area contributed by atoms with Gasteiger partial charge in [0, 0.05) is 11.5 Å². The zero-order chi connectivity index (χ0) is 11.0. The molecule has 1 N–H and O–H groups in total. The van der Waals surface area contributed by atoms with Crippen molar-refractivity contribution in [2.24, 2.45) is 0 Å². The molecular weight excluding hydrogens is 198 g/mol. The van der Waals surface area contributed by atoms with Crippen LogP contribution in [0.15, 0.2) is 30.3 Å². The Morgan fingerprint density at radius 3 is 3.00 bits per heavy atom. The summed E-state index contributed by atoms with van der Waals surface area (Å²) in [5.74, 6) is 0. The number of benzene rings is 1. The number of aliphatic hydroxyl groups excluding tert-OH is 1. The van der Waals surface area contributed by atoms with Gasteiger partial charge in [0.2, 0.25) is 0 Å². The molecule has 0 fully saturated rings. The topological polar surface area (TPSA) is 25.2 Å². The molecule has 2 heteroatoms. The van der Waals surface area contributed by atoms with Crippen molar-refractivity contribution in [1.29, 1.82) is 0 Å². The molecule has 0 aliphatic heterocycles. The number of allylic oxidation sites excluding steroid dienone is 2. The van der Waals surface area contributed by atoms with E-state index in [4.69, 9.17) is 5.11 Å². The molecule has 16 heavy (non-hydrogen) atoms. The Morgan fingerprint density at radius 1 is 1.25 bits per heavy atom. The smallest absolute Gasteiger partial charge is 0.162 e. The number of hydrogen-bond acceptors (Lipinski definition) is 1. The van der Waals surface area contributed by atoms with Gasteiger partial charge in [-0.2, -0.15) is 0 Å². The van der Waals surface area contributed by atoms with Crippen LogP contribution < -0.4 is 0 Å². The average molecular weight is 210 g/mol. The second kappa shape index (κ2) is 3.60. The molecule has 1 aromatic heterocycles. The third-order valence-corrected chi connectivity index (χ3v) is 2.94. The Morgan fingerprint density at radius 2 is 2.12 bits per heavy atom. The molecule has 0 saturated carbocycles. The SMILES string of the molecule is OCCn1c2c(c3ccccc31)C=C[C+]=C2. The first kappa shape index (κ1) is 9.34. The van der Waals surface area contributed by atoms with Gasteiger partial charge in [-0.1, -0.05) is 12.1 Å². The van der Waals surface area contributed by atoms with E-state index in [1.807, 2.05) is 24.3 Å². The fourth-order valence-corrected chi connectivity index (χ4v) is 2.28. The molecule has 0 spiro atoms. The molecular formula is C14H12NO+. The fourth-order valence-electron chi connectivity index (χ4n) is 2.28. The highest BCUT2D eigenvalue weighted by atomic mass is 16.3. The van der Waals surface area contributed by atoms with Gasteiger partial charge >= 0.3 is 0 Å². The van der Waals surface area contributed by atoms with E-state index in [2.05, 4.69) is 28.9 Å². The monoisotopic (exact) mass is 210 g/mol. The number of fused-ring (bicyclic) bond motifs is 3. The number of rotatable bonds is 2. The maximum Gasteiger partial charge on any atom is 0.162 e. The van der Waals surface area contributed by atoms with E-state index in [0.717, 1.165) is 5.69 Å². The van der Waals surface area contributed by atoms with Gasteiger partial charge in [-0.3, -0.25) is 4.57 Å². The van der Waals surface area contributed by atoms with E-state index in [0.29, 0.717) is 6.54 Å². The van der Waals surface area contributed by atoms with Crippen LogP contribution in [0.1, 0.15) is 11.3 Å². The molecule has 1 aliphatic carbocycles. The molecule has 1 aliphatic rings. The minimum atomic E-state index is 0.155.